The van der Waals surface area contributed by atoms with E-state index in [1.54, 1.807) is 42.5 Å². The number of nitriles is 1. The maximum Gasteiger partial charge on any atom is 0.203 e. The van der Waals surface area contributed by atoms with Crippen LogP contribution in [-0.4, -0.2) is 5.78 Å². The number of benzene rings is 2. The van der Waals surface area contributed by atoms with E-state index in [4.69, 9.17) is 11.6 Å². The molecule has 0 saturated heterocycles. The lowest BCUT2D eigenvalue weighted by molar-refractivity contribution is 0.104. The van der Waals surface area contributed by atoms with Gasteiger partial charge in [0.15, 0.2) is 0 Å². The predicted octanol–water partition coefficient (Wildman–Crippen LogP) is 5.08. The van der Waals surface area contributed by atoms with Crippen molar-refractivity contribution in [2.45, 2.75) is 19.8 Å². The standard InChI is InChI=1S/C19H16ClNO/c1-2-3-14-4-8-16(9-5-14)19(22)17(13-21)12-15-6-10-18(20)11-7-15/h4-12H,2-3H2,1H3. The lowest BCUT2D eigenvalue weighted by Crippen LogP contribution is -2.02. The number of Topliss-reactive ketones (excluding diaryl/α,β-unsaturated/α-hetero) is 1. The van der Waals surface area contributed by atoms with Crippen LogP contribution in [0, 0.1) is 11.3 Å². The number of allylic oxidation sites excluding steroid dienone is 1. The van der Waals surface area contributed by atoms with Crippen LogP contribution < -0.4 is 0 Å². The number of carbonyl (C=O) groups is 1. The summed E-state index contributed by atoms with van der Waals surface area (Å²) in [5.41, 5.74) is 2.61. The van der Waals surface area contributed by atoms with Gasteiger partial charge in [-0.1, -0.05) is 61.3 Å². The highest BCUT2D eigenvalue weighted by Gasteiger charge is 2.12. The number of aryl methyl sites for hydroxylation is 1. The highest BCUT2D eigenvalue weighted by Crippen LogP contribution is 2.16. The molecule has 2 rings (SSSR count). The van der Waals surface area contributed by atoms with Crippen molar-refractivity contribution < 1.29 is 4.79 Å². The molecule has 0 aliphatic rings. The molecule has 2 aromatic rings. The predicted molar refractivity (Wildman–Crippen MR) is 89.8 cm³/mol. The van der Waals surface area contributed by atoms with Gasteiger partial charge in [0.2, 0.25) is 5.78 Å². The Kier molecular flexibility index (Phi) is 5.52. The quantitative estimate of drug-likeness (QED) is 0.439. The van der Waals surface area contributed by atoms with Crippen molar-refractivity contribution in [3.8, 4) is 6.07 Å². The minimum atomic E-state index is -0.263. The first kappa shape index (κ1) is 16.0. The minimum Gasteiger partial charge on any atom is -0.288 e. The van der Waals surface area contributed by atoms with Crippen LogP contribution in [0.15, 0.2) is 54.1 Å². The van der Waals surface area contributed by atoms with E-state index in [9.17, 15) is 10.1 Å². The molecule has 0 radical (unpaired) electrons. The fourth-order valence-corrected chi connectivity index (χ4v) is 2.27. The van der Waals surface area contributed by atoms with E-state index in [1.807, 2.05) is 18.2 Å². The Hall–Kier alpha value is -2.37. The van der Waals surface area contributed by atoms with Gasteiger partial charge in [0, 0.05) is 10.6 Å². The monoisotopic (exact) mass is 309 g/mol. The van der Waals surface area contributed by atoms with E-state index in [1.165, 1.54) is 5.56 Å². The van der Waals surface area contributed by atoms with Crippen molar-refractivity contribution in [1.82, 2.24) is 0 Å². The minimum absolute atomic E-state index is 0.116. The first-order chi connectivity index (χ1) is 10.6. The van der Waals surface area contributed by atoms with Gasteiger partial charge in [-0.3, -0.25) is 4.79 Å². The lowest BCUT2D eigenvalue weighted by Gasteiger charge is -2.02. The van der Waals surface area contributed by atoms with Crippen LogP contribution in [0.3, 0.4) is 0 Å². The Morgan fingerprint density at radius 2 is 1.77 bits per heavy atom. The summed E-state index contributed by atoms with van der Waals surface area (Å²) in [6.45, 7) is 2.11. The number of carbonyl (C=O) groups excluding carboxylic acids is 1. The van der Waals surface area contributed by atoms with Gasteiger partial charge >= 0.3 is 0 Å². The summed E-state index contributed by atoms with van der Waals surface area (Å²) >= 11 is 5.83. The van der Waals surface area contributed by atoms with E-state index < -0.39 is 0 Å². The number of ketones is 1. The van der Waals surface area contributed by atoms with Gasteiger partial charge in [-0.15, -0.1) is 0 Å². The Labute approximate surface area is 135 Å². The number of hydrogen-bond acceptors (Lipinski definition) is 2. The molecule has 0 heterocycles. The van der Waals surface area contributed by atoms with Gasteiger partial charge in [0.1, 0.15) is 11.6 Å². The molecule has 0 aromatic heterocycles. The number of nitrogens with zero attached hydrogens (tertiary/aromatic N) is 1. The second-order valence-electron chi connectivity index (χ2n) is 5.00. The maximum atomic E-state index is 12.4. The Morgan fingerprint density at radius 3 is 2.32 bits per heavy atom. The lowest BCUT2D eigenvalue weighted by atomic mass is 10.00. The molecule has 0 saturated carbocycles. The molecule has 0 N–H and O–H groups in total. The fourth-order valence-electron chi connectivity index (χ4n) is 2.14. The largest absolute Gasteiger partial charge is 0.288 e. The van der Waals surface area contributed by atoms with Crippen LogP contribution in [0.1, 0.15) is 34.8 Å². The molecule has 2 aromatic carbocycles. The van der Waals surface area contributed by atoms with Crippen LogP contribution >= 0.6 is 11.6 Å². The second-order valence-corrected chi connectivity index (χ2v) is 5.43. The highest BCUT2D eigenvalue weighted by molar-refractivity contribution is 6.30. The Morgan fingerprint density at radius 1 is 1.14 bits per heavy atom. The molecule has 0 aliphatic carbocycles. The summed E-state index contributed by atoms with van der Waals surface area (Å²) in [6.07, 6.45) is 3.63. The van der Waals surface area contributed by atoms with E-state index >= 15 is 0 Å². The Balaban J connectivity index is 2.25. The van der Waals surface area contributed by atoms with Gasteiger partial charge in [0.05, 0.1) is 0 Å². The zero-order valence-electron chi connectivity index (χ0n) is 12.3. The third-order valence-electron chi connectivity index (χ3n) is 3.30. The van der Waals surface area contributed by atoms with Gasteiger partial charge in [-0.05, 0) is 35.8 Å². The summed E-state index contributed by atoms with van der Waals surface area (Å²) in [5.74, 6) is -0.263. The van der Waals surface area contributed by atoms with E-state index in [-0.39, 0.29) is 11.4 Å². The average Bonchev–Trinajstić information content (AvgIpc) is 2.55. The first-order valence-corrected chi connectivity index (χ1v) is 7.53. The van der Waals surface area contributed by atoms with Crippen molar-refractivity contribution in [2.75, 3.05) is 0 Å². The van der Waals surface area contributed by atoms with Crippen LogP contribution in [0.25, 0.3) is 6.08 Å². The van der Waals surface area contributed by atoms with E-state index in [0.717, 1.165) is 18.4 Å². The van der Waals surface area contributed by atoms with Crippen molar-refractivity contribution in [2.24, 2.45) is 0 Å². The molecular weight excluding hydrogens is 294 g/mol. The number of rotatable bonds is 5. The molecule has 2 nitrogen and oxygen atoms in total. The topological polar surface area (TPSA) is 40.9 Å². The third kappa shape index (κ3) is 4.07. The van der Waals surface area contributed by atoms with Crippen molar-refractivity contribution >= 4 is 23.5 Å². The van der Waals surface area contributed by atoms with E-state index in [0.29, 0.717) is 10.6 Å². The van der Waals surface area contributed by atoms with E-state index in [2.05, 4.69) is 6.92 Å². The first-order valence-electron chi connectivity index (χ1n) is 7.15. The van der Waals surface area contributed by atoms with Crippen molar-refractivity contribution in [3.63, 3.8) is 0 Å². The molecule has 0 aliphatic heterocycles. The highest BCUT2D eigenvalue weighted by atomic mass is 35.5. The normalized spacial score (nSPS) is 11.0. The SMILES string of the molecule is CCCc1ccc(C(=O)C(C#N)=Cc2ccc(Cl)cc2)cc1. The molecule has 110 valence electrons. The third-order valence-corrected chi connectivity index (χ3v) is 3.55. The summed E-state index contributed by atoms with van der Waals surface area (Å²) in [5, 5.41) is 9.87. The fraction of sp³-hybridized carbons (Fsp3) is 0.158. The molecule has 0 bridgehead atoms. The zero-order valence-corrected chi connectivity index (χ0v) is 13.1. The maximum absolute atomic E-state index is 12.4. The molecule has 0 atom stereocenters. The van der Waals surface area contributed by atoms with Crippen LogP contribution in [0.4, 0.5) is 0 Å². The second kappa shape index (κ2) is 7.59. The van der Waals surface area contributed by atoms with Gasteiger partial charge < -0.3 is 0 Å². The zero-order chi connectivity index (χ0) is 15.9. The van der Waals surface area contributed by atoms with Gasteiger partial charge in [-0.2, -0.15) is 5.26 Å². The van der Waals surface area contributed by atoms with Crippen LogP contribution in [-0.2, 0) is 6.42 Å². The summed E-state index contributed by atoms with van der Waals surface area (Å²) in [4.78, 5) is 12.4. The molecule has 3 heteroatoms. The van der Waals surface area contributed by atoms with Crippen LogP contribution in [0.2, 0.25) is 5.02 Å². The van der Waals surface area contributed by atoms with Crippen molar-refractivity contribution in [1.29, 1.82) is 5.26 Å². The Bertz CT molecular complexity index is 722. The van der Waals surface area contributed by atoms with Crippen molar-refractivity contribution in [3.05, 3.63) is 75.8 Å². The molecule has 0 spiro atoms. The van der Waals surface area contributed by atoms with Crippen LogP contribution in [0.5, 0.6) is 0 Å². The van der Waals surface area contributed by atoms with Gasteiger partial charge in [-0.25, -0.2) is 0 Å². The molecule has 0 amide bonds. The smallest absolute Gasteiger partial charge is 0.203 e. The number of halogens is 1. The average molecular weight is 310 g/mol. The molecule has 0 unspecified atom stereocenters. The summed E-state index contributed by atoms with van der Waals surface area (Å²) in [6, 6.07) is 16.4. The van der Waals surface area contributed by atoms with Gasteiger partial charge in [0.25, 0.3) is 0 Å². The molecule has 0 fully saturated rings. The molecular formula is C19H16ClNO. The summed E-state index contributed by atoms with van der Waals surface area (Å²) < 4.78 is 0. The number of hydrogen-bond donors (Lipinski definition) is 0. The summed E-state index contributed by atoms with van der Waals surface area (Å²) in [7, 11) is 0. The molecule has 22 heavy (non-hydrogen) atoms.